The number of aliphatic hydroxyl groups is 1. The smallest absolute Gasteiger partial charge is 0.118 e. The second-order valence-corrected chi connectivity index (χ2v) is 3.32. The molecule has 1 aromatic carbocycles. The lowest BCUT2D eigenvalue weighted by molar-refractivity contribution is 0.134. The van der Waals surface area contributed by atoms with E-state index in [0.717, 1.165) is 18.7 Å². The number of hydrogen-bond donors (Lipinski definition) is 1. The third-order valence-electron chi connectivity index (χ3n) is 2.18. The molecule has 0 radical (unpaired) electrons. The molecule has 0 saturated carbocycles. The Hall–Kier alpha value is -1.06. The second kappa shape index (κ2) is 5.62. The fourth-order valence-electron chi connectivity index (χ4n) is 1.18. The third-order valence-corrected chi connectivity index (χ3v) is 2.18. The summed E-state index contributed by atoms with van der Waals surface area (Å²) in [4.78, 5) is 1.87. The normalized spacial score (nSPS) is 10.6. The first-order valence-corrected chi connectivity index (χ1v) is 4.68. The van der Waals surface area contributed by atoms with E-state index in [1.54, 1.807) is 7.11 Å². The van der Waals surface area contributed by atoms with Gasteiger partial charge in [0.15, 0.2) is 0 Å². The van der Waals surface area contributed by atoms with Gasteiger partial charge in [0, 0.05) is 6.54 Å². The van der Waals surface area contributed by atoms with Crippen LogP contribution in [0.25, 0.3) is 0 Å². The van der Waals surface area contributed by atoms with Crippen molar-refractivity contribution in [1.29, 1.82) is 0 Å². The second-order valence-electron chi connectivity index (χ2n) is 3.32. The minimum atomic E-state index is 0.107. The lowest BCUT2D eigenvalue weighted by Crippen LogP contribution is -2.21. The van der Waals surface area contributed by atoms with Gasteiger partial charge >= 0.3 is 0 Å². The van der Waals surface area contributed by atoms with Crippen LogP contribution in [0.2, 0.25) is 0 Å². The summed E-state index contributed by atoms with van der Waals surface area (Å²) in [6.45, 7) is 0.971. The van der Waals surface area contributed by atoms with Crippen molar-refractivity contribution >= 4 is 0 Å². The Balaban J connectivity index is 2.43. The van der Waals surface area contributed by atoms with Crippen LogP contribution in [0.15, 0.2) is 24.3 Å². The Kier molecular flexibility index (Phi) is 4.43. The summed E-state index contributed by atoms with van der Waals surface area (Å²) in [5.41, 5.74) is 1.26. The summed E-state index contributed by atoms with van der Waals surface area (Å²) in [5.74, 6) is 0.879. The van der Waals surface area contributed by atoms with E-state index in [-0.39, 0.29) is 6.73 Å². The van der Waals surface area contributed by atoms with E-state index in [1.807, 2.05) is 36.2 Å². The fourth-order valence-corrected chi connectivity index (χ4v) is 1.18. The van der Waals surface area contributed by atoms with Crippen LogP contribution in [0.1, 0.15) is 5.56 Å². The molecule has 78 valence electrons. The summed E-state index contributed by atoms with van der Waals surface area (Å²) in [5, 5.41) is 8.80. The number of rotatable bonds is 5. The maximum absolute atomic E-state index is 8.80. The summed E-state index contributed by atoms with van der Waals surface area (Å²) in [7, 11) is 3.55. The number of hydrogen-bond acceptors (Lipinski definition) is 3. The first-order chi connectivity index (χ1) is 6.76. The molecule has 0 aliphatic rings. The van der Waals surface area contributed by atoms with Gasteiger partial charge in [0.25, 0.3) is 0 Å². The molecule has 0 aromatic heterocycles. The van der Waals surface area contributed by atoms with Crippen molar-refractivity contribution in [3.63, 3.8) is 0 Å². The van der Waals surface area contributed by atoms with Crippen LogP contribution in [0.5, 0.6) is 5.75 Å². The Labute approximate surface area is 84.9 Å². The lowest BCUT2D eigenvalue weighted by atomic mass is 10.1. The summed E-state index contributed by atoms with van der Waals surface area (Å²) >= 11 is 0. The number of benzene rings is 1. The molecule has 1 N–H and O–H groups in total. The van der Waals surface area contributed by atoms with E-state index in [4.69, 9.17) is 9.84 Å². The maximum atomic E-state index is 8.80. The summed E-state index contributed by atoms with van der Waals surface area (Å²) in [6.07, 6.45) is 0.945. The summed E-state index contributed by atoms with van der Waals surface area (Å²) < 4.78 is 5.07. The van der Waals surface area contributed by atoms with Gasteiger partial charge in [-0.15, -0.1) is 0 Å². The van der Waals surface area contributed by atoms with Crippen LogP contribution in [-0.2, 0) is 6.42 Å². The largest absolute Gasteiger partial charge is 0.497 e. The van der Waals surface area contributed by atoms with Crippen LogP contribution in [0.3, 0.4) is 0 Å². The summed E-state index contributed by atoms with van der Waals surface area (Å²) in [6, 6.07) is 8.00. The predicted octanol–water partition coefficient (Wildman–Crippen LogP) is 1.12. The molecule has 0 fully saturated rings. The molecule has 1 aromatic rings. The van der Waals surface area contributed by atoms with Crippen LogP contribution in [0.4, 0.5) is 0 Å². The zero-order chi connectivity index (χ0) is 10.4. The van der Waals surface area contributed by atoms with E-state index in [1.165, 1.54) is 5.56 Å². The van der Waals surface area contributed by atoms with Crippen molar-refractivity contribution < 1.29 is 9.84 Å². The van der Waals surface area contributed by atoms with Crippen molar-refractivity contribution in [2.24, 2.45) is 0 Å². The molecule has 0 spiro atoms. The van der Waals surface area contributed by atoms with E-state index >= 15 is 0 Å². The average molecular weight is 195 g/mol. The standard InChI is InChI=1S/C11H17NO2/c1-12(9-13)8-7-10-3-5-11(14-2)6-4-10/h3-6,13H,7-9H2,1-2H3. The Bertz CT molecular complexity index is 258. The molecule has 0 heterocycles. The van der Waals surface area contributed by atoms with Gasteiger partial charge in [-0.25, -0.2) is 0 Å². The molecule has 0 atom stereocenters. The van der Waals surface area contributed by atoms with Gasteiger partial charge in [-0.3, -0.25) is 4.90 Å². The molecule has 1 rings (SSSR count). The molecule has 0 saturated heterocycles. The van der Waals surface area contributed by atoms with Gasteiger partial charge in [-0.05, 0) is 31.2 Å². The van der Waals surface area contributed by atoms with Crippen molar-refractivity contribution in [2.75, 3.05) is 27.4 Å². The van der Waals surface area contributed by atoms with Gasteiger partial charge in [0.1, 0.15) is 5.75 Å². The zero-order valence-corrected chi connectivity index (χ0v) is 8.73. The predicted molar refractivity (Wildman–Crippen MR) is 56.4 cm³/mol. The number of likely N-dealkylation sites (N-methyl/N-ethyl adjacent to an activating group) is 1. The molecular weight excluding hydrogens is 178 g/mol. The fraction of sp³-hybridized carbons (Fsp3) is 0.455. The average Bonchev–Trinajstić information content (AvgIpc) is 2.26. The van der Waals surface area contributed by atoms with Crippen molar-refractivity contribution in [3.8, 4) is 5.75 Å². The number of nitrogens with zero attached hydrogens (tertiary/aromatic N) is 1. The quantitative estimate of drug-likeness (QED) is 0.715. The van der Waals surface area contributed by atoms with E-state index < -0.39 is 0 Å². The minimum absolute atomic E-state index is 0.107. The van der Waals surface area contributed by atoms with E-state index in [2.05, 4.69) is 0 Å². The highest BCUT2D eigenvalue weighted by molar-refractivity contribution is 5.27. The topological polar surface area (TPSA) is 32.7 Å². The molecule has 14 heavy (non-hydrogen) atoms. The highest BCUT2D eigenvalue weighted by atomic mass is 16.5. The minimum Gasteiger partial charge on any atom is -0.497 e. The molecule has 0 unspecified atom stereocenters. The van der Waals surface area contributed by atoms with Crippen molar-refractivity contribution in [2.45, 2.75) is 6.42 Å². The van der Waals surface area contributed by atoms with Crippen LogP contribution < -0.4 is 4.74 Å². The molecule has 0 aliphatic carbocycles. The maximum Gasteiger partial charge on any atom is 0.118 e. The highest BCUT2D eigenvalue weighted by Gasteiger charge is 1.97. The van der Waals surface area contributed by atoms with Gasteiger partial charge in [0.2, 0.25) is 0 Å². The first-order valence-electron chi connectivity index (χ1n) is 4.68. The number of aliphatic hydroxyl groups excluding tert-OH is 1. The molecule has 3 nitrogen and oxygen atoms in total. The van der Waals surface area contributed by atoms with Crippen LogP contribution in [-0.4, -0.2) is 37.4 Å². The number of ether oxygens (including phenoxy) is 1. The highest BCUT2D eigenvalue weighted by Crippen LogP contribution is 2.11. The van der Waals surface area contributed by atoms with Gasteiger partial charge in [-0.1, -0.05) is 12.1 Å². The van der Waals surface area contributed by atoms with Gasteiger partial charge < -0.3 is 9.84 Å². The first kappa shape index (κ1) is 11.0. The Morgan fingerprint density at radius 3 is 2.43 bits per heavy atom. The van der Waals surface area contributed by atoms with E-state index in [0.29, 0.717) is 0 Å². The molecule has 0 aliphatic heterocycles. The van der Waals surface area contributed by atoms with Gasteiger partial charge in [0.05, 0.1) is 13.8 Å². The molecular formula is C11H17NO2. The zero-order valence-electron chi connectivity index (χ0n) is 8.73. The lowest BCUT2D eigenvalue weighted by Gasteiger charge is -2.12. The van der Waals surface area contributed by atoms with Crippen LogP contribution >= 0.6 is 0 Å². The van der Waals surface area contributed by atoms with Gasteiger partial charge in [-0.2, -0.15) is 0 Å². The SMILES string of the molecule is COc1ccc(CCN(C)CO)cc1. The van der Waals surface area contributed by atoms with Crippen molar-refractivity contribution in [3.05, 3.63) is 29.8 Å². The molecule has 0 amide bonds. The van der Waals surface area contributed by atoms with Crippen LogP contribution in [0, 0.1) is 0 Å². The Morgan fingerprint density at radius 2 is 1.93 bits per heavy atom. The Morgan fingerprint density at radius 1 is 1.29 bits per heavy atom. The van der Waals surface area contributed by atoms with E-state index in [9.17, 15) is 0 Å². The molecule has 0 bridgehead atoms. The van der Waals surface area contributed by atoms with Crippen molar-refractivity contribution in [1.82, 2.24) is 4.90 Å². The monoisotopic (exact) mass is 195 g/mol. The number of methoxy groups -OCH3 is 1. The third kappa shape index (κ3) is 3.36. The molecule has 3 heteroatoms.